The van der Waals surface area contributed by atoms with Crippen molar-refractivity contribution < 1.29 is 13.9 Å². The minimum Gasteiger partial charge on any atom is -0.464 e. The maximum absolute atomic E-state index is 12.7. The zero-order chi connectivity index (χ0) is 21.3. The summed E-state index contributed by atoms with van der Waals surface area (Å²) in [5.41, 5.74) is 3.81. The maximum Gasteiger partial charge on any atom is 0.310 e. The molecule has 0 amide bonds. The van der Waals surface area contributed by atoms with Crippen LogP contribution in [0, 0.1) is 25.2 Å². The van der Waals surface area contributed by atoms with Crippen molar-refractivity contribution in [2.75, 3.05) is 0 Å². The number of rotatable bonds is 5. The first-order chi connectivity index (χ1) is 14.5. The number of carbonyl (C=O) groups excluding carboxylic acids is 1. The molecule has 7 heteroatoms. The van der Waals surface area contributed by atoms with Crippen LogP contribution in [0.15, 0.2) is 51.9 Å². The first kappa shape index (κ1) is 19.4. The Hall–Kier alpha value is -3.92. The van der Waals surface area contributed by atoms with Crippen molar-refractivity contribution in [1.82, 2.24) is 9.55 Å². The number of hydrogen-bond acceptors (Lipinski definition) is 6. The molecule has 4 rings (SSSR count). The maximum atomic E-state index is 12.7. The van der Waals surface area contributed by atoms with Gasteiger partial charge in [0.15, 0.2) is 5.82 Å². The molecule has 0 atom stereocenters. The Labute approximate surface area is 172 Å². The number of esters is 1. The fraction of sp³-hybridized carbons (Fsp3) is 0.217. The minimum atomic E-state index is -0.471. The Morgan fingerprint density at radius 2 is 2.00 bits per heavy atom. The Morgan fingerprint density at radius 1 is 1.20 bits per heavy atom. The van der Waals surface area contributed by atoms with Crippen molar-refractivity contribution in [3.05, 3.63) is 75.5 Å². The van der Waals surface area contributed by atoms with Gasteiger partial charge in [-0.3, -0.25) is 14.2 Å². The number of carbonyl (C=O) groups is 1. The molecule has 0 radical (unpaired) electrons. The number of para-hydroxylation sites is 1. The van der Waals surface area contributed by atoms with E-state index in [1.807, 2.05) is 32.0 Å². The van der Waals surface area contributed by atoms with Gasteiger partial charge in [-0.05, 0) is 37.1 Å². The summed E-state index contributed by atoms with van der Waals surface area (Å²) < 4.78 is 12.3. The summed E-state index contributed by atoms with van der Waals surface area (Å²) in [6, 6.07) is 12.7. The van der Waals surface area contributed by atoms with Crippen LogP contribution in [-0.4, -0.2) is 15.5 Å². The first-order valence-electron chi connectivity index (χ1n) is 9.47. The molecule has 0 aliphatic heterocycles. The van der Waals surface area contributed by atoms with Crippen LogP contribution in [0.3, 0.4) is 0 Å². The SMILES string of the molecule is Cc1ccc2c(CC(=O)OCc3nc4ccccc4c(=O)n3CC#N)coc2c1C. The van der Waals surface area contributed by atoms with Crippen LogP contribution < -0.4 is 5.56 Å². The van der Waals surface area contributed by atoms with Gasteiger partial charge in [0.25, 0.3) is 5.56 Å². The highest BCUT2D eigenvalue weighted by Crippen LogP contribution is 2.27. The van der Waals surface area contributed by atoms with E-state index in [9.17, 15) is 9.59 Å². The summed E-state index contributed by atoms with van der Waals surface area (Å²) in [6.07, 6.45) is 1.60. The van der Waals surface area contributed by atoms with E-state index in [0.29, 0.717) is 10.9 Å². The Kier molecular flexibility index (Phi) is 5.07. The average molecular weight is 401 g/mol. The summed E-state index contributed by atoms with van der Waals surface area (Å²) in [6.45, 7) is 3.61. The van der Waals surface area contributed by atoms with Crippen molar-refractivity contribution in [3.63, 3.8) is 0 Å². The molecule has 0 aliphatic rings. The number of nitriles is 1. The largest absolute Gasteiger partial charge is 0.464 e. The van der Waals surface area contributed by atoms with Crippen LogP contribution in [0.2, 0.25) is 0 Å². The fourth-order valence-electron chi connectivity index (χ4n) is 3.43. The minimum absolute atomic E-state index is 0.0333. The van der Waals surface area contributed by atoms with Gasteiger partial charge >= 0.3 is 5.97 Å². The van der Waals surface area contributed by atoms with Gasteiger partial charge in [0, 0.05) is 10.9 Å². The number of hydrogen-bond donors (Lipinski definition) is 0. The van der Waals surface area contributed by atoms with E-state index in [1.165, 1.54) is 4.57 Å². The van der Waals surface area contributed by atoms with E-state index in [0.717, 1.165) is 27.7 Å². The highest BCUT2D eigenvalue weighted by atomic mass is 16.5. The molecule has 0 aliphatic carbocycles. The standard InChI is InChI=1S/C23H19N3O4/c1-14-7-8-17-16(12-30-22(17)15(14)2)11-21(27)29-13-20-25-19-6-4-3-5-18(19)23(28)26(20)10-9-24/h3-8,12H,10-11,13H2,1-2H3. The van der Waals surface area contributed by atoms with E-state index in [2.05, 4.69) is 4.98 Å². The Morgan fingerprint density at radius 3 is 2.80 bits per heavy atom. The fourth-order valence-corrected chi connectivity index (χ4v) is 3.43. The molecule has 2 heterocycles. The molecular weight excluding hydrogens is 382 g/mol. The van der Waals surface area contributed by atoms with Gasteiger partial charge in [-0.1, -0.05) is 24.3 Å². The van der Waals surface area contributed by atoms with Crippen LogP contribution in [0.5, 0.6) is 0 Å². The second kappa shape index (κ2) is 7.84. The summed E-state index contributed by atoms with van der Waals surface area (Å²) in [4.78, 5) is 29.5. The van der Waals surface area contributed by atoms with E-state index < -0.39 is 5.97 Å². The van der Waals surface area contributed by atoms with Gasteiger partial charge in [-0.15, -0.1) is 0 Å². The highest BCUT2D eigenvalue weighted by Gasteiger charge is 2.16. The molecule has 0 fully saturated rings. The molecule has 0 N–H and O–H groups in total. The summed E-state index contributed by atoms with van der Waals surface area (Å²) in [5.74, 6) is -0.237. The lowest BCUT2D eigenvalue weighted by molar-refractivity contribution is -0.144. The second-order valence-electron chi connectivity index (χ2n) is 7.08. The number of nitrogens with zero attached hydrogens (tertiary/aromatic N) is 3. The monoisotopic (exact) mass is 401 g/mol. The molecule has 30 heavy (non-hydrogen) atoms. The van der Waals surface area contributed by atoms with E-state index in [-0.39, 0.29) is 31.0 Å². The van der Waals surface area contributed by atoms with E-state index in [4.69, 9.17) is 14.4 Å². The van der Waals surface area contributed by atoms with Crippen LogP contribution in [-0.2, 0) is 29.1 Å². The number of aromatic nitrogens is 2. The van der Waals surface area contributed by atoms with Crippen LogP contribution in [0.25, 0.3) is 21.9 Å². The second-order valence-corrected chi connectivity index (χ2v) is 7.08. The Balaban J connectivity index is 1.56. The lowest BCUT2D eigenvalue weighted by Gasteiger charge is -2.11. The summed E-state index contributed by atoms with van der Waals surface area (Å²) >= 11 is 0. The third-order valence-electron chi connectivity index (χ3n) is 5.21. The predicted molar refractivity (Wildman–Crippen MR) is 111 cm³/mol. The Bertz CT molecular complexity index is 1380. The molecule has 150 valence electrons. The van der Waals surface area contributed by atoms with Gasteiger partial charge in [0.1, 0.15) is 18.7 Å². The number of furan rings is 1. The number of aryl methyl sites for hydroxylation is 2. The van der Waals surface area contributed by atoms with Crippen LogP contribution in [0.4, 0.5) is 0 Å². The summed E-state index contributed by atoms with van der Waals surface area (Å²) in [5, 5.41) is 10.4. The molecular formula is C23H19N3O4. The van der Waals surface area contributed by atoms with Gasteiger partial charge in [0.05, 0.1) is 29.7 Å². The quantitative estimate of drug-likeness (QED) is 0.474. The number of ether oxygens (including phenoxy) is 1. The van der Waals surface area contributed by atoms with Gasteiger partial charge < -0.3 is 9.15 Å². The predicted octanol–water partition coefficient (Wildman–Crippen LogP) is 3.57. The number of fused-ring (bicyclic) bond motifs is 2. The van der Waals surface area contributed by atoms with Crippen LogP contribution >= 0.6 is 0 Å². The lowest BCUT2D eigenvalue weighted by atomic mass is 10.0. The molecule has 0 unspecified atom stereocenters. The summed E-state index contributed by atoms with van der Waals surface area (Å²) in [7, 11) is 0. The van der Waals surface area contributed by atoms with Gasteiger partial charge in [-0.2, -0.15) is 5.26 Å². The van der Waals surface area contributed by atoms with Gasteiger partial charge in [0.2, 0.25) is 0 Å². The highest BCUT2D eigenvalue weighted by molar-refractivity contribution is 5.88. The molecule has 4 aromatic rings. The topological polar surface area (TPSA) is 98.1 Å². The normalized spacial score (nSPS) is 11.0. The number of benzene rings is 2. The van der Waals surface area contributed by atoms with Crippen molar-refractivity contribution in [2.24, 2.45) is 0 Å². The smallest absolute Gasteiger partial charge is 0.310 e. The average Bonchev–Trinajstić information content (AvgIpc) is 3.15. The molecule has 2 aromatic heterocycles. The van der Waals surface area contributed by atoms with Crippen molar-refractivity contribution in [3.8, 4) is 6.07 Å². The molecule has 2 aromatic carbocycles. The molecule has 0 saturated carbocycles. The zero-order valence-corrected chi connectivity index (χ0v) is 16.6. The van der Waals surface area contributed by atoms with E-state index in [1.54, 1.807) is 30.5 Å². The molecule has 7 nitrogen and oxygen atoms in total. The zero-order valence-electron chi connectivity index (χ0n) is 16.6. The first-order valence-corrected chi connectivity index (χ1v) is 9.47. The molecule has 0 saturated heterocycles. The lowest BCUT2D eigenvalue weighted by Crippen LogP contribution is -2.26. The van der Waals surface area contributed by atoms with Crippen LogP contribution in [0.1, 0.15) is 22.5 Å². The van der Waals surface area contributed by atoms with Crippen molar-refractivity contribution in [1.29, 1.82) is 5.26 Å². The third-order valence-corrected chi connectivity index (χ3v) is 5.21. The van der Waals surface area contributed by atoms with Gasteiger partial charge in [-0.25, -0.2) is 4.98 Å². The van der Waals surface area contributed by atoms with E-state index >= 15 is 0 Å². The molecule has 0 spiro atoms. The molecule has 0 bridgehead atoms. The third kappa shape index (κ3) is 3.44. The van der Waals surface area contributed by atoms with Crippen molar-refractivity contribution >= 4 is 27.8 Å². The van der Waals surface area contributed by atoms with Crippen molar-refractivity contribution in [2.45, 2.75) is 33.4 Å².